The molecule has 1 aliphatic rings. The second-order valence-electron chi connectivity index (χ2n) is 5.86. The van der Waals surface area contributed by atoms with Crippen molar-refractivity contribution in [3.63, 3.8) is 0 Å². The van der Waals surface area contributed by atoms with Crippen LogP contribution >= 0.6 is 0 Å². The summed E-state index contributed by atoms with van der Waals surface area (Å²) in [5.74, 6) is 0.542. The molecule has 2 aromatic rings. The number of ether oxygens (including phenoxy) is 1. The zero-order valence-corrected chi connectivity index (χ0v) is 14.1. The van der Waals surface area contributed by atoms with Crippen LogP contribution in [0.2, 0.25) is 0 Å². The molecule has 1 fully saturated rings. The molecule has 1 amide bonds. The van der Waals surface area contributed by atoms with Crippen LogP contribution in [0.5, 0.6) is 5.75 Å². The molecule has 0 saturated carbocycles. The van der Waals surface area contributed by atoms with Gasteiger partial charge in [-0.15, -0.1) is 5.10 Å². The van der Waals surface area contributed by atoms with E-state index in [0.717, 1.165) is 37.4 Å². The Hall–Kier alpha value is -2.41. The molecule has 128 valence electrons. The van der Waals surface area contributed by atoms with Crippen molar-refractivity contribution in [1.29, 1.82) is 0 Å². The first-order valence-corrected chi connectivity index (χ1v) is 8.35. The number of anilines is 1. The molecule has 1 aromatic carbocycles. The lowest BCUT2D eigenvalue weighted by Gasteiger charge is -2.23. The summed E-state index contributed by atoms with van der Waals surface area (Å²) in [6.07, 6.45) is 2.01. The lowest BCUT2D eigenvalue weighted by molar-refractivity contribution is 0.102. The number of benzene rings is 1. The fraction of sp³-hybridized carbons (Fsp3) is 0.471. The summed E-state index contributed by atoms with van der Waals surface area (Å²) in [5, 5.41) is 14.5. The third-order valence-corrected chi connectivity index (χ3v) is 4.22. The lowest BCUT2D eigenvalue weighted by atomic mass is 10.1. The second kappa shape index (κ2) is 7.44. The summed E-state index contributed by atoms with van der Waals surface area (Å²) in [7, 11) is 0. The van der Waals surface area contributed by atoms with E-state index >= 15 is 0 Å². The molecule has 2 heterocycles. The van der Waals surface area contributed by atoms with E-state index in [2.05, 4.69) is 20.9 Å². The third-order valence-electron chi connectivity index (χ3n) is 4.22. The molecule has 1 aliphatic heterocycles. The van der Waals surface area contributed by atoms with Crippen molar-refractivity contribution in [3.05, 3.63) is 35.7 Å². The first-order valence-electron chi connectivity index (χ1n) is 8.35. The maximum absolute atomic E-state index is 12.5. The topological polar surface area (TPSA) is 81.1 Å². The minimum absolute atomic E-state index is 0.239. The summed E-state index contributed by atoms with van der Waals surface area (Å²) in [6, 6.07) is 7.60. The number of amides is 1. The number of hydrogen-bond acceptors (Lipinski definition) is 5. The molecule has 0 radical (unpaired) electrons. The minimum atomic E-state index is -0.239. The minimum Gasteiger partial charge on any atom is -0.494 e. The van der Waals surface area contributed by atoms with Gasteiger partial charge in [-0.3, -0.25) is 4.79 Å². The summed E-state index contributed by atoms with van der Waals surface area (Å²) in [5.41, 5.74) is 1.90. The lowest BCUT2D eigenvalue weighted by Crippen LogP contribution is -2.30. The van der Waals surface area contributed by atoms with Gasteiger partial charge < -0.3 is 15.4 Å². The molecule has 1 saturated heterocycles. The predicted octanol–water partition coefficient (Wildman–Crippen LogP) is 2.16. The SMILES string of the molecule is CCOc1ccc(NC(=O)c2nnn(C3CCNCC3)c2C)cc1. The molecular formula is C17H23N5O2. The van der Waals surface area contributed by atoms with Gasteiger partial charge in [0, 0.05) is 5.69 Å². The number of piperidine rings is 1. The van der Waals surface area contributed by atoms with E-state index in [4.69, 9.17) is 4.74 Å². The Morgan fingerprint density at radius 1 is 1.33 bits per heavy atom. The Bertz CT molecular complexity index is 690. The molecule has 24 heavy (non-hydrogen) atoms. The molecule has 0 bridgehead atoms. The molecule has 0 spiro atoms. The predicted molar refractivity (Wildman–Crippen MR) is 91.5 cm³/mol. The fourth-order valence-corrected chi connectivity index (χ4v) is 2.94. The van der Waals surface area contributed by atoms with Crippen molar-refractivity contribution in [2.24, 2.45) is 0 Å². The van der Waals surface area contributed by atoms with Gasteiger partial charge in [0.1, 0.15) is 5.75 Å². The Labute approximate surface area is 141 Å². The van der Waals surface area contributed by atoms with Crippen LogP contribution in [0, 0.1) is 6.92 Å². The van der Waals surface area contributed by atoms with Crippen LogP contribution in [0.3, 0.4) is 0 Å². The van der Waals surface area contributed by atoms with Crippen molar-refractivity contribution in [3.8, 4) is 5.75 Å². The molecule has 2 N–H and O–H groups in total. The van der Waals surface area contributed by atoms with Gasteiger partial charge in [0.05, 0.1) is 18.3 Å². The number of nitrogens with zero attached hydrogens (tertiary/aromatic N) is 3. The number of rotatable bonds is 5. The maximum Gasteiger partial charge on any atom is 0.278 e. The van der Waals surface area contributed by atoms with Crippen molar-refractivity contribution in [2.75, 3.05) is 25.0 Å². The monoisotopic (exact) mass is 329 g/mol. The third kappa shape index (κ3) is 3.56. The van der Waals surface area contributed by atoms with Crippen LogP contribution in [0.15, 0.2) is 24.3 Å². The zero-order chi connectivity index (χ0) is 16.9. The van der Waals surface area contributed by atoms with Crippen LogP contribution in [-0.4, -0.2) is 40.6 Å². The van der Waals surface area contributed by atoms with Crippen LogP contribution in [0.1, 0.15) is 42.0 Å². The first kappa shape index (κ1) is 16.4. The van der Waals surface area contributed by atoms with Gasteiger partial charge in [0.15, 0.2) is 5.69 Å². The smallest absolute Gasteiger partial charge is 0.278 e. The van der Waals surface area contributed by atoms with Crippen LogP contribution < -0.4 is 15.4 Å². The molecule has 0 aliphatic carbocycles. The molecule has 3 rings (SSSR count). The van der Waals surface area contributed by atoms with Gasteiger partial charge in [0.2, 0.25) is 0 Å². The Balaban J connectivity index is 1.69. The van der Waals surface area contributed by atoms with E-state index in [9.17, 15) is 4.79 Å². The number of aromatic nitrogens is 3. The second-order valence-corrected chi connectivity index (χ2v) is 5.86. The highest BCUT2D eigenvalue weighted by atomic mass is 16.5. The van der Waals surface area contributed by atoms with E-state index < -0.39 is 0 Å². The van der Waals surface area contributed by atoms with Crippen molar-refractivity contribution < 1.29 is 9.53 Å². The van der Waals surface area contributed by atoms with Gasteiger partial charge in [-0.2, -0.15) is 0 Å². The quantitative estimate of drug-likeness (QED) is 0.878. The van der Waals surface area contributed by atoms with Crippen molar-refractivity contribution in [2.45, 2.75) is 32.7 Å². The number of nitrogens with one attached hydrogen (secondary N) is 2. The number of carbonyl (C=O) groups is 1. The average molecular weight is 329 g/mol. The summed E-state index contributed by atoms with van der Waals surface area (Å²) in [4.78, 5) is 12.5. The first-order chi connectivity index (χ1) is 11.7. The summed E-state index contributed by atoms with van der Waals surface area (Å²) >= 11 is 0. The summed E-state index contributed by atoms with van der Waals surface area (Å²) in [6.45, 7) is 6.39. The van der Waals surface area contributed by atoms with Crippen LogP contribution in [0.4, 0.5) is 5.69 Å². The normalized spacial score (nSPS) is 15.2. The average Bonchev–Trinajstić information content (AvgIpc) is 2.99. The Morgan fingerprint density at radius 2 is 2.04 bits per heavy atom. The largest absolute Gasteiger partial charge is 0.494 e. The highest BCUT2D eigenvalue weighted by Crippen LogP contribution is 2.21. The Morgan fingerprint density at radius 3 is 2.71 bits per heavy atom. The molecule has 7 heteroatoms. The van der Waals surface area contributed by atoms with Crippen molar-refractivity contribution >= 4 is 11.6 Å². The highest BCUT2D eigenvalue weighted by molar-refractivity contribution is 6.03. The number of carbonyl (C=O) groups excluding carboxylic acids is 1. The van der Waals surface area contributed by atoms with Gasteiger partial charge in [-0.1, -0.05) is 5.21 Å². The van der Waals surface area contributed by atoms with Crippen LogP contribution in [-0.2, 0) is 0 Å². The number of hydrogen-bond donors (Lipinski definition) is 2. The standard InChI is InChI=1S/C17H23N5O2/c1-3-24-15-6-4-13(5-7-15)19-17(23)16-12(2)22(21-20-16)14-8-10-18-11-9-14/h4-7,14,18H,3,8-11H2,1-2H3,(H,19,23). The van der Waals surface area contributed by atoms with E-state index in [-0.39, 0.29) is 5.91 Å². The highest BCUT2D eigenvalue weighted by Gasteiger charge is 2.22. The Kier molecular flexibility index (Phi) is 5.10. The molecule has 0 unspecified atom stereocenters. The van der Waals surface area contributed by atoms with Gasteiger partial charge >= 0.3 is 0 Å². The summed E-state index contributed by atoms with van der Waals surface area (Å²) < 4.78 is 7.28. The maximum atomic E-state index is 12.5. The van der Waals surface area contributed by atoms with Gasteiger partial charge in [0.25, 0.3) is 5.91 Å². The van der Waals surface area contributed by atoms with Gasteiger partial charge in [-0.25, -0.2) is 4.68 Å². The van der Waals surface area contributed by atoms with E-state index in [1.165, 1.54) is 0 Å². The van der Waals surface area contributed by atoms with Crippen LogP contribution in [0.25, 0.3) is 0 Å². The van der Waals surface area contributed by atoms with E-state index in [0.29, 0.717) is 24.0 Å². The van der Waals surface area contributed by atoms with E-state index in [1.807, 2.05) is 42.8 Å². The molecule has 7 nitrogen and oxygen atoms in total. The van der Waals surface area contributed by atoms with E-state index in [1.54, 1.807) is 0 Å². The van der Waals surface area contributed by atoms with Crippen molar-refractivity contribution in [1.82, 2.24) is 20.3 Å². The molecular weight excluding hydrogens is 306 g/mol. The molecule has 1 aromatic heterocycles. The molecule has 0 atom stereocenters. The van der Waals surface area contributed by atoms with Gasteiger partial charge in [-0.05, 0) is 64.0 Å². The zero-order valence-electron chi connectivity index (χ0n) is 14.1. The fourth-order valence-electron chi connectivity index (χ4n) is 2.94.